The molecule has 0 aliphatic heterocycles. The predicted octanol–water partition coefficient (Wildman–Crippen LogP) is 1.71. The molecule has 1 fully saturated rings. The summed E-state index contributed by atoms with van der Waals surface area (Å²) in [5, 5.41) is 3.72. The van der Waals surface area contributed by atoms with Gasteiger partial charge in [-0.1, -0.05) is 37.5 Å². The Morgan fingerprint density at radius 2 is 1.83 bits per heavy atom. The fourth-order valence-corrected chi connectivity index (χ4v) is 3.11. The summed E-state index contributed by atoms with van der Waals surface area (Å²) in [6.45, 7) is 0. The zero-order chi connectivity index (χ0) is 16.4. The van der Waals surface area contributed by atoms with Crippen LogP contribution in [0.25, 0.3) is 10.8 Å². The van der Waals surface area contributed by atoms with Gasteiger partial charge in [-0.3, -0.25) is 9.59 Å². The maximum Gasteiger partial charge on any atom is 0.344 e. The van der Waals surface area contributed by atoms with Crippen molar-refractivity contribution in [3.05, 3.63) is 46.5 Å². The monoisotopic (exact) mass is 314 g/mol. The van der Waals surface area contributed by atoms with Crippen molar-refractivity contribution in [3.8, 4) is 0 Å². The molecule has 120 valence electrons. The van der Waals surface area contributed by atoms with Crippen LogP contribution >= 0.6 is 0 Å². The Labute approximate surface area is 132 Å². The van der Waals surface area contributed by atoms with Crippen LogP contribution in [0.15, 0.2) is 39.5 Å². The Hall–Kier alpha value is -2.63. The summed E-state index contributed by atoms with van der Waals surface area (Å²) in [5.74, 6) is -1.25. The van der Waals surface area contributed by atoms with E-state index in [1.807, 2.05) is 0 Å². The summed E-state index contributed by atoms with van der Waals surface area (Å²) >= 11 is 0. The molecule has 6 heteroatoms. The largest absolute Gasteiger partial charge is 0.417 e. The molecule has 1 aromatic heterocycles. The van der Waals surface area contributed by atoms with Crippen molar-refractivity contribution in [1.29, 1.82) is 0 Å². The molecule has 6 nitrogen and oxygen atoms in total. The standard InChI is InChI=1S/C17H18N2O4/c18-16(22)17(8-4-1-5-9-17)19-14(20)13-10-11-6-2-3-7-12(11)15(21)23-13/h2-3,6-7,10H,1,4-5,8-9H2,(H2,18,22)(H,19,20). The van der Waals surface area contributed by atoms with Crippen molar-refractivity contribution in [1.82, 2.24) is 5.32 Å². The Kier molecular flexibility index (Phi) is 3.90. The van der Waals surface area contributed by atoms with Crippen LogP contribution in [-0.4, -0.2) is 17.4 Å². The zero-order valence-corrected chi connectivity index (χ0v) is 12.6. The molecule has 1 aromatic carbocycles. The van der Waals surface area contributed by atoms with E-state index in [4.69, 9.17) is 10.2 Å². The molecule has 23 heavy (non-hydrogen) atoms. The third-order valence-electron chi connectivity index (χ3n) is 4.43. The molecule has 2 amide bonds. The number of rotatable bonds is 3. The van der Waals surface area contributed by atoms with Crippen molar-refractivity contribution in [3.63, 3.8) is 0 Å². The lowest BCUT2D eigenvalue weighted by atomic mass is 9.81. The minimum absolute atomic E-state index is 0.111. The first kappa shape index (κ1) is 15.3. The van der Waals surface area contributed by atoms with E-state index in [-0.39, 0.29) is 5.76 Å². The highest BCUT2D eigenvalue weighted by molar-refractivity contribution is 5.99. The zero-order valence-electron chi connectivity index (χ0n) is 12.6. The highest BCUT2D eigenvalue weighted by Gasteiger charge is 2.39. The van der Waals surface area contributed by atoms with Gasteiger partial charge in [0.05, 0.1) is 5.39 Å². The molecule has 1 aliphatic carbocycles. The van der Waals surface area contributed by atoms with Gasteiger partial charge in [-0.15, -0.1) is 0 Å². The van der Waals surface area contributed by atoms with Crippen molar-refractivity contribution >= 4 is 22.6 Å². The third-order valence-corrected chi connectivity index (χ3v) is 4.43. The molecular formula is C17H18N2O4. The average molecular weight is 314 g/mol. The number of carbonyl (C=O) groups is 2. The second-order valence-corrected chi connectivity index (χ2v) is 5.95. The Morgan fingerprint density at radius 3 is 2.52 bits per heavy atom. The van der Waals surface area contributed by atoms with E-state index in [0.717, 1.165) is 19.3 Å². The van der Waals surface area contributed by atoms with E-state index in [9.17, 15) is 14.4 Å². The van der Waals surface area contributed by atoms with Crippen LogP contribution in [0, 0.1) is 0 Å². The van der Waals surface area contributed by atoms with E-state index < -0.39 is 23.0 Å². The summed E-state index contributed by atoms with van der Waals surface area (Å²) in [7, 11) is 0. The Balaban J connectivity index is 1.94. The van der Waals surface area contributed by atoms with Gasteiger partial charge in [0.15, 0.2) is 5.76 Å². The first-order valence-corrected chi connectivity index (χ1v) is 7.67. The van der Waals surface area contributed by atoms with Gasteiger partial charge < -0.3 is 15.5 Å². The topological polar surface area (TPSA) is 102 Å². The number of hydrogen-bond donors (Lipinski definition) is 2. The SMILES string of the molecule is NC(=O)C1(NC(=O)c2cc3ccccc3c(=O)o2)CCCCC1. The molecule has 0 atom stereocenters. The molecule has 0 unspecified atom stereocenters. The molecule has 3 rings (SSSR count). The van der Waals surface area contributed by atoms with Gasteiger partial charge >= 0.3 is 5.63 Å². The van der Waals surface area contributed by atoms with Crippen molar-refractivity contribution in [2.24, 2.45) is 5.73 Å². The highest BCUT2D eigenvalue weighted by atomic mass is 16.4. The van der Waals surface area contributed by atoms with Crippen molar-refractivity contribution < 1.29 is 14.0 Å². The number of nitrogens with two attached hydrogens (primary N) is 1. The quantitative estimate of drug-likeness (QED) is 0.900. The molecule has 2 aromatic rings. The number of primary amides is 1. The molecule has 0 radical (unpaired) electrons. The van der Waals surface area contributed by atoms with Gasteiger partial charge in [-0.2, -0.15) is 0 Å². The van der Waals surface area contributed by atoms with Crippen LogP contribution in [0.5, 0.6) is 0 Å². The van der Waals surface area contributed by atoms with E-state index >= 15 is 0 Å². The molecule has 0 saturated heterocycles. The number of amides is 2. The minimum Gasteiger partial charge on any atom is -0.417 e. The van der Waals surface area contributed by atoms with Gasteiger partial charge in [-0.05, 0) is 30.4 Å². The van der Waals surface area contributed by atoms with E-state index in [1.165, 1.54) is 6.07 Å². The molecule has 1 heterocycles. The van der Waals surface area contributed by atoms with Crippen LogP contribution < -0.4 is 16.7 Å². The van der Waals surface area contributed by atoms with Gasteiger partial charge in [0.25, 0.3) is 5.91 Å². The fourth-order valence-electron chi connectivity index (χ4n) is 3.11. The predicted molar refractivity (Wildman–Crippen MR) is 85.0 cm³/mol. The number of nitrogens with one attached hydrogen (secondary N) is 1. The summed E-state index contributed by atoms with van der Waals surface area (Å²) in [5.41, 5.74) is 3.87. The van der Waals surface area contributed by atoms with Gasteiger partial charge in [0, 0.05) is 0 Å². The summed E-state index contributed by atoms with van der Waals surface area (Å²) in [6.07, 6.45) is 3.67. The first-order chi connectivity index (χ1) is 11.0. The highest BCUT2D eigenvalue weighted by Crippen LogP contribution is 2.28. The van der Waals surface area contributed by atoms with E-state index in [1.54, 1.807) is 24.3 Å². The van der Waals surface area contributed by atoms with Crippen molar-refractivity contribution in [2.75, 3.05) is 0 Å². The van der Waals surface area contributed by atoms with Crippen LogP contribution in [0.1, 0.15) is 42.7 Å². The van der Waals surface area contributed by atoms with Gasteiger partial charge in [-0.25, -0.2) is 4.79 Å². The molecule has 0 spiro atoms. The lowest BCUT2D eigenvalue weighted by Gasteiger charge is -2.34. The number of benzene rings is 1. The van der Waals surface area contributed by atoms with Gasteiger partial charge in [0.2, 0.25) is 5.91 Å². The number of hydrogen-bond acceptors (Lipinski definition) is 4. The second-order valence-electron chi connectivity index (χ2n) is 5.95. The third kappa shape index (κ3) is 2.84. The maximum atomic E-state index is 12.5. The van der Waals surface area contributed by atoms with Crippen LogP contribution in [0.3, 0.4) is 0 Å². The Bertz CT molecular complexity index is 819. The molecule has 1 aliphatic rings. The normalized spacial score (nSPS) is 16.9. The van der Waals surface area contributed by atoms with Crippen LogP contribution in [-0.2, 0) is 4.79 Å². The Morgan fingerprint density at radius 1 is 1.13 bits per heavy atom. The van der Waals surface area contributed by atoms with E-state index in [0.29, 0.717) is 23.6 Å². The average Bonchev–Trinajstić information content (AvgIpc) is 2.55. The summed E-state index contributed by atoms with van der Waals surface area (Å²) in [4.78, 5) is 36.3. The fraction of sp³-hybridized carbons (Fsp3) is 0.353. The number of carbonyl (C=O) groups excluding carboxylic acids is 2. The molecule has 1 saturated carbocycles. The van der Waals surface area contributed by atoms with Crippen LogP contribution in [0.2, 0.25) is 0 Å². The van der Waals surface area contributed by atoms with E-state index in [2.05, 4.69) is 5.32 Å². The minimum atomic E-state index is -1.06. The summed E-state index contributed by atoms with van der Waals surface area (Å²) in [6, 6.07) is 8.37. The van der Waals surface area contributed by atoms with Gasteiger partial charge in [0.1, 0.15) is 5.54 Å². The lowest BCUT2D eigenvalue weighted by molar-refractivity contribution is -0.125. The number of fused-ring (bicyclic) bond motifs is 1. The first-order valence-electron chi connectivity index (χ1n) is 7.67. The lowest BCUT2D eigenvalue weighted by Crippen LogP contribution is -2.58. The van der Waals surface area contributed by atoms with Crippen molar-refractivity contribution in [2.45, 2.75) is 37.6 Å². The maximum absolute atomic E-state index is 12.5. The molecular weight excluding hydrogens is 296 g/mol. The summed E-state index contributed by atoms with van der Waals surface area (Å²) < 4.78 is 5.10. The molecule has 3 N–H and O–H groups in total. The molecule has 0 bridgehead atoms. The smallest absolute Gasteiger partial charge is 0.344 e. The van der Waals surface area contributed by atoms with Crippen LogP contribution in [0.4, 0.5) is 0 Å². The second kappa shape index (κ2) is 5.87.